The monoisotopic (exact) mass is 251 g/mol. The van der Waals surface area contributed by atoms with E-state index in [0.717, 1.165) is 18.3 Å². The average Bonchev–Trinajstić information content (AvgIpc) is 2.80. The van der Waals surface area contributed by atoms with E-state index in [1.807, 2.05) is 20.0 Å². The molecule has 0 amide bonds. The van der Waals surface area contributed by atoms with E-state index in [-0.39, 0.29) is 5.92 Å². The molecule has 0 saturated carbocycles. The fourth-order valence-corrected chi connectivity index (χ4v) is 1.91. The third-order valence-corrected chi connectivity index (χ3v) is 2.94. The number of hydrogen-bond donors (Lipinski definition) is 0. The molecule has 0 N–H and O–H groups in total. The van der Waals surface area contributed by atoms with Gasteiger partial charge in [-0.15, -0.1) is 5.10 Å². The maximum absolute atomic E-state index is 13.6. The van der Waals surface area contributed by atoms with Crippen LogP contribution >= 0.6 is 0 Å². The second-order valence-electron chi connectivity index (χ2n) is 4.31. The van der Waals surface area contributed by atoms with Gasteiger partial charge in [-0.05, 0) is 30.9 Å². The van der Waals surface area contributed by atoms with Gasteiger partial charge in [0.15, 0.2) is 11.6 Å². The van der Waals surface area contributed by atoms with E-state index >= 15 is 0 Å². The van der Waals surface area contributed by atoms with Gasteiger partial charge < -0.3 is 0 Å². The Balaban J connectivity index is 2.16. The summed E-state index contributed by atoms with van der Waals surface area (Å²) in [5, 5.41) is 7.92. The van der Waals surface area contributed by atoms with Crippen molar-refractivity contribution in [2.75, 3.05) is 0 Å². The van der Waals surface area contributed by atoms with Crippen molar-refractivity contribution in [2.45, 2.75) is 32.7 Å². The number of aryl methyl sites for hydroxylation is 1. The zero-order chi connectivity index (χ0) is 13.1. The van der Waals surface area contributed by atoms with Crippen LogP contribution in [0.15, 0.2) is 24.4 Å². The first-order valence-corrected chi connectivity index (χ1v) is 5.94. The Morgan fingerprint density at radius 3 is 2.78 bits per heavy atom. The number of nitrogens with zero attached hydrogens (tertiary/aromatic N) is 3. The van der Waals surface area contributed by atoms with Gasteiger partial charge in [0.05, 0.1) is 5.69 Å². The van der Waals surface area contributed by atoms with Crippen LogP contribution in [0.3, 0.4) is 0 Å². The van der Waals surface area contributed by atoms with Crippen molar-refractivity contribution in [1.82, 2.24) is 15.0 Å². The molecule has 0 radical (unpaired) electrons. The third kappa shape index (κ3) is 2.55. The van der Waals surface area contributed by atoms with Crippen molar-refractivity contribution >= 4 is 0 Å². The largest absolute Gasteiger partial charge is 0.253 e. The Morgan fingerprint density at radius 1 is 1.33 bits per heavy atom. The van der Waals surface area contributed by atoms with Gasteiger partial charge in [-0.25, -0.2) is 8.78 Å². The summed E-state index contributed by atoms with van der Waals surface area (Å²) in [6.07, 6.45) is 2.37. The zero-order valence-corrected chi connectivity index (χ0v) is 10.4. The van der Waals surface area contributed by atoms with E-state index in [4.69, 9.17) is 0 Å². The predicted octanol–water partition coefficient (Wildman–Crippen LogP) is 2.92. The molecule has 1 atom stereocenters. The molecule has 2 rings (SSSR count). The van der Waals surface area contributed by atoms with Gasteiger partial charge in [-0.1, -0.05) is 24.3 Å². The van der Waals surface area contributed by atoms with E-state index in [1.165, 1.54) is 6.07 Å². The molecule has 0 fully saturated rings. The molecule has 3 nitrogen and oxygen atoms in total. The Bertz CT molecular complexity index is 537. The first-order valence-electron chi connectivity index (χ1n) is 5.94. The molecular formula is C13H15F2N3. The summed E-state index contributed by atoms with van der Waals surface area (Å²) in [5.41, 5.74) is 1.16. The molecule has 0 saturated heterocycles. The Kier molecular flexibility index (Phi) is 3.69. The van der Waals surface area contributed by atoms with Crippen LogP contribution in [0.4, 0.5) is 8.78 Å². The average molecular weight is 251 g/mol. The summed E-state index contributed by atoms with van der Waals surface area (Å²) < 4.78 is 28.5. The first-order chi connectivity index (χ1) is 8.61. The van der Waals surface area contributed by atoms with Gasteiger partial charge in [-0.2, -0.15) is 0 Å². The highest BCUT2D eigenvalue weighted by atomic mass is 19.2. The van der Waals surface area contributed by atoms with E-state index < -0.39 is 11.6 Å². The summed E-state index contributed by atoms with van der Waals surface area (Å²) >= 11 is 0. The summed E-state index contributed by atoms with van der Waals surface area (Å²) in [6.45, 7) is 4.56. The first kappa shape index (κ1) is 12.7. The van der Waals surface area contributed by atoms with Crippen LogP contribution in [0.5, 0.6) is 0 Å². The van der Waals surface area contributed by atoms with E-state index in [0.29, 0.717) is 12.0 Å². The quantitative estimate of drug-likeness (QED) is 0.836. The van der Waals surface area contributed by atoms with Crippen molar-refractivity contribution in [3.05, 3.63) is 47.3 Å². The second kappa shape index (κ2) is 5.25. The van der Waals surface area contributed by atoms with Gasteiger partial charge in [0.1, 0.15) is 0 Å². The van der Waals surface area contributed by atoms with Crippen LogP contribution in [0.25, 0.3) is 0 Å². The molecule has 0 spiro atoms. The van der Waals surface area contributed by atoms with E-state index in [9.17, 15) is 8.78 Å². The lowest BCUT2D eigenvalue weighted by atomic mass is 9.96. The summed E-state index contributed by atoms with van der Waals surface area (Å²) in [7, 11) is 0. The molecule has 0 aliphatic rings. The minimum absolute atomic E-state index is 0.136. The van der Waals surface area contributed by atoms with Crippen molar-refractivity contribution < 1.29 is 8.78 Å². The molecule has 2 aromatic rings. The fraction of sp³-hybridized carbons (Fsp3) is 0.385. The third-order valence-electron chi connectivity index (χ3n) is 2.94. The maximum Gasteiger partial charge on any atom is 0.162 e. The minimum Gasteiger partial charge on any atom is -0.253 e. The summed E-state index contributed by atoms with van der Waals surface area (Å²) in [6, 6.07) is 4.25. The Labute approximate surface area is 104 Å². The smallest absolute Gasteiger partial charge is 0.162 e. The molecular weight excluding hydrogens is 236 g/mol. The van der Waals surface area contributed by atoms with Gasteiger partial charge in [0.25, 0.3) is 0 Å². The molecule has 0 aliphatic carbocycles. The van der Waals surface area contributed by atoms with Crippen LogP contribution in [0.1, 0.15) is 31.0 Å². The van der Waals surface area contributed by atoms with E-state index in [1.54, 1.807) is 10.7 Å². The Morgan fingerprint density at radius 2 is 2.11 bits per heavy atom. The topological polar surface area (TPSA) is 30.7 Å². The SMILES string of the molecule is CCn1cc(CC(C)c2cccc(F)c2F)nn1. The van der Waals surface area contributed by atoms with Crippen molar-refractivity contribution in [2.24, 2.45) is 0 Å². The number of rotatable bonds is 4. The van der Waals surface area contributed by atoms with Gasteiger partial charge in [-0.3, -0.25) is 4.68 Å². The molecule has 0 aliphatic heterocycles. The standard InChI is InChI=1S/C13H15F2N3/c1-3-18-8-10(16-17-18)7-9(2)11-5-4-6-12(14)13(11)15/h4-6,8-9H,3,7H2,1-2H3. The van der Waals surface area contributed by atoms with Crippen LogP contribution in [0, 0.1) is 11.6 Å². The second-order valence-corrected chi connectivity index (χ2v) is 4.31. The molecule has 96 valence electrons. The van der Waals surface area contributed by atoms with Crippen molar-refractivity contribution in [3.63, 3.8) is 0 Å². The molecule has 1 unspecified atom stereocenters. The van der Waals surface area contributed by atoms with Gasteiger partial charge in [0.2, 0.25) is 0 Å². The molecule has 1 heterocycles. The summed E-state index contributed by atoms with van der Waals surface area (Å²) in [5.74, 6) is -1.72. The lowest BCUT2D eigenvalue weighted by Gasteiger charge is -2.11. The zero-order valence-electron chi connectivity index (χ0n) is 10.4. The van der Waals surface area contributed by atoms with Gasteiger partial charge in [0, 0.05) is 12.7 Å². The van der Waals surface area contributed by atoms with Crippen LogP contribution < -0.4 is 0 Å². The van der Waals surface area contributed by atoms with Crippen LogP contribution in [-0.4, -0.2) is 15.0 Å². The van der Waals surface area contributed by atoms with Crippen LogP contribution in [-0.2, 0) is 13.0 Å². The lowest BCUT2D eigenvalue weighted by Crippen LogP contribution is -2.03. The lowest BCUT2D eigenvalue weighted by molar-refractivity contribution is 0.490. The summed E-state index contributed by atoms with van der Waals surface area (Å²) in [4.78, 5) is 0. The van der Waals surface area contributed by atoms with Gasteiger partial charge >= 0.3 is 0 Å². The van der Waals surface area contributed by atoms with Crippen molar-refractivity contribution in [1.29, 1.82) is 0 Å². The maximum atomic E-state index is 13.6. The number of aromatic nitrogens is 3. The van der Waals surface area contributed by atoms with E-state index in [2.05, 4.69) is 10.3 Å². The molecule has 5 heteroatoms. The minimum atomic E-state index is -0.809. The fourth-order valence-electron chi connectivity index (χ4n) is 1.91. The number of hydrogen-bond acceptors (Lipinski definition) is 2. The number of benzene rings is 1. The molecule has 0 bridgehead atoms. The highest BCUT2D eigenvalue weighted by Gasteiger charge is 2.15. The van der Waals surface area contributed by atoms with Crippen molar-refractivity contribution in [3.8, 4) is 0 Å². The molecule has 18 heavy (non-hydrogen) atoms. The highest BCUT2D eigenvalue weighted by Crippen LogP contribution is 2.23. The number of halogens is 2. The Hall–Kier alpha value is -1.78. The normalized spacial score (nSPS) is 12.7. The predicted molar refractivity (Wildman–Crippen MR) is 64.2 cm³/mol. The molecule has 1 aromatic heterocycles. The highest BCUT2D eigenvalue weighted by molar-refractivity contribution is 5.23. The van der Waals surface area contributed by atoms with Crippen LogP contribution in [0.2, 0.25) is 0 Å². The molecule has 1 aromatic carbocycles.